The molecule has 0 bridgehead atoms. The summed E-state index contributed by atoms with van der Waals surface area (Å²) in [4.78, 5) is 19.3. The largest absolute Gasteiger partial charge is 0.328 e. The third-order valence-electron chi connectivity index (χ3n) is 4.95. The molecule has 1 amide bonds. The molecule has 1 unspecified atom stereocenters. The molecular weight excluding hydrogens is 358 g/mol. The van der Waals surface area contributed by atoms with Gasteiger partial charge in [-0.2, -0.15) is 0 Å². The van der Waals surface area contributed by atoms with Gasteiger partial charge in [0.25, 0.3) is 5.91 Å². The van der Waals surface area contributed by atoms with Crippen molar-refractivity contribution in [2.75, 3.05) is 6.54 Å². The van der Waals surface area contributed by atoms with Gasteiger partial charge in [-0.05, 0) is 37.7 Å². The van der Waals surface area contributed by atoms with Gasteiger partial charge in [-0.15, -0.1) is 16.4 Å². The van der Waals surface area contributed by atoms with Gasteiger partial charge in [-0.3, -0.25) is 9.48 Å². The third kappa shape index (κ3) is 4.24. The van der Waals surface area contributed by atoms with Crippen LogP contribution in [-0.4, -0.2) is 37.3 Å². The van der Waals surface area contributed by atoms with E-state index in [1.54, 1.807) is 28.4 Å². The SMILES string of the molecule is O=C(c1cn(CCCc2ccccc2)nn1)N1CCCCC1c1nccs1. The number of hydrogen-bond donors (Lipinski definition) is 0. The Morgan fingerprint density at radius 3 is 2.93 bits per heavy atom. The van der Waals surface area contributed by atoms with E-state index in [2.05, 4.69) is 39.6 Å². The molecule has 2 aromatic heterocycles. The van der Waals surface area contributed by atoms with E-state index in [4.69, 9.17) is 0 Å². The molecule has 1 aliphatic heterocycles. The number of thiazole rings is 1. The monoisotopic (exact) mass is 381 g/mol. The van der Waals surface area contributed by atoms with E-state index in [9.17, 15) is 4.79 Å². The molecule has 1 atom stereocenters. The second-order valence-electron chi connectivity index (χ2n) is 6.84. The molecule has 1 aromatic carbocycles. The van der Waals surface area contributed by atoms with Crippen LogP contribution in [0.5, 0.6) is 0 Å². The molecule has 1 saturated heterocycles. The van der Waals surface area contributed by atoms with Crippen LogP contribution in [0.1, 0.15) is 52.8 Å². The van der Waals surface area contributed by atoms with Crippen LogP contribution in [0, 0.1) is 0 Å². The molecule has 0 radical (unpaired) electrons. The number of hydrogen-bond acceptors (Lipinski definition) is 5. The molecule has 0 N–H and O–H groups in total. The van der Waals surface area contributed by atoms with Crippen molar-refractivity contribution in [3.8, 4) is 0 Å². The summed E-state index contributed by atoms with van der Waals surface area (Å²) >= 11 is 1.61. The number of aryl methyl sites for hydroxylation is 2. The number of likely N-dealkylation sites (tertiary alicyclic amines) is 1. The number of nitrogens with zero attached hydrogens (tertiary/aromatic N) is 5. The molecule has 6 nitrogen and oxygen atoms in total. The lowest BCUT2D eigenvalue weighted by atomic mass is 10.0. The molecule has 3 heterocycles. The van der Waals surface area contributed by atoms with Crippen LogP contribution in [0.4, 0.5) is 0 Å². The van der Waals surface area contributed by atoms with Gasteiger partial charge in [0.2, 0.25) is 0 Å². The second kappa shape index (κ2) is 8.43. The smallest absolute Gasteiger partial charge is 0.276 e. The Balaban J connectivity index is 1.39. The minimum Gasteiger partial charge on any atom is -0.328 e. The van der Waals surface area contributed by atoms with Crippen molar-refractivity contribution < 1.29 is 4.79 Å². The fourth-order valence-electron chi connectivity index (χ4n) is 3.57. The highest BCUT2D eigenvalue weighted by molar-refractivity contribution is 7.09. The number of carbonyl (C=O) groups is 1. The first kappa shape index (κ1) is 17.9. The minimum atomic E-state index is -0.0378. The van der Waals surface area contributed by atoms with Gasteiger partial charge in [0.05, 0.1) is 12.2 Å². The second-order valence-corrected chi connectivity index (χ2v) is 7.76. The molecule has 7 heteroatoms. The Hall–Kier alpha value is -2.54. The Morgan fingerprint density at radius 2 is 2.11 bits per heavy atom. The van der Waals surface area contributed by atoms with E-state index in [1.165, 1.54) is 5.56 Å². The van der Waals surface area contributed by atoms with Crippen LogP contribution in [0.3, 0.4) is 0 Å². The lowest BCUT2D eigenvalue weighted by molar-refractivity contribution is 0.0605. The van der Waals surface area contributed by atoms with Crippen molar-refractivity contribution >= 4 is 17.2 Å². The zero-order valence-electron chi connectivity index (χ0n) is 15.2. The van der Waals surface area contributed by atoms with E-state index in [0.29, 0.717) is 5.69 Å². The van der Waals surface area contributed by atoms with Gasteiger partial charge < -0.3 is 4.90 Å². The summed E-state index contributed by atoms with van der Waals surface area (Å²) in [7, 11) is 0. The van der Waals surface area contributed by atoms with E-state index in [0.717, 1.165) is 50.2 Å². The fraction of sp³-hybridized carbons (Fsp3) is 0.400. The molecule has 0 spiro atoms. The predicted octanol–water partition coefficient (Wildman–Crippen LogP) is 3.73. The number of rotatable bonds is 6. The van der Waals surface area contributed by atoms with Crippen molar-refractivity contribution in [3.05, 3.63) is 64.4 Å². The molecular formula is C20H23N5OS. The van der Waals surface area contributed by atoms with Crippen LogP contribution >= 0.6 is 11.3 Å². The predicted molar refractivity (Wildman–Crippen MR) is 105 cm³/mol. The molecule has 140 valence electrons. The lowest BCUT2D eigenvalue weighted by Crippen LogP contribution is -2.38. The minimum absolute atomic E-state index is 0.0378. The highest BCUT2D eigenvalue weighted by Crippen LogP contribution is 2.32. The van der Waals surface area contributed by atoms with Crippen molar-refractivity contribution in [1.29, 1.82) is 0 Å². The van der Waals surface area contributed by atoms with Gasteiger partial charge in [-0.25, -0.2) is 4.98 Å². The fourth-order valence-corrected chi connectivity index (χ4v) is 4.36. The first-order valence-electron chi connectivity index (χ1n) is 9.45. The number of amides is 1. The first-order valence-corrected chi connectivity index (χ1v) is 10.3. The summed E-state index contributed by atoms with van der Waals surface area (Å²) in [6.45, 7) is 1.51. The first-order chi connectivity index (χ1) is 13.3. The Kier molecular flexibility index (Phi) is 5.58. The maximum Gasteiger partial charge on any atom is 0.276 e. The summed E-state index contributed by atoms with van der Waals surface area (Å²) in [5, 5.41) is 11.3. The maximum absolute atomic E-state index is 13.0. The van der Waals surface area contributed by atoms with E-state index in [-0.39, 0.29) is 11.9 Å². The van der Waals surface area contributed by atoms with Gasteiger partial charge >= 0.3 is 0 Å². The number of benzene rings is 1. The lowest BCUT2D eigenvalue weighted by Gasteiger charge is -2.33. The van der Waals surface area contributed by atoms with Crippen LogP contribution in [0.25, 0.3) is 0 Å². The molecule has 1 fully saturated rings. The Morgan fingerprint density at radius 1 is 1.22 bits per heavy atom. The number of piperidine rings is 1. The quantitative estimate of drug-likeness (QED) is 0.653. The highest BCUT2D eigenvalue weighted by Gasteiger charge is 2.31. The Bertz CT molecular complexity index is 862. The molecule has 0 saturated carbocycles. The average molecular weight is 382 g/mol. The van der Waals surface area contributed by atoms with Crippen molar-refractivity contribution in [2.24, 2.45) is 0 Å². The molecule has 0 aliphatic carbocycles. The summed E-state index contributed by atoms with van der Waals surface area (Å²) in [5.41, 5.74) is 1.74. The number of carbonyl (C=O) groups excluding carboxylic acids is 1. The van der Waals surface area contributed by atoms with E-state index >= 15 is 0 Å². The van der Waals surface area contributed by atoms with Gasteiger partial charge in [0.1, 0.15) is 5.01 Å². The summed E-state index contributed by atoms with van der Waals surface area (Å²) in [6, 6.07) is 10.5. The summed E-state index contributed by atoms with van der Waals surface area (Å²) in [6.07, 6.45) is 8.65. The summed E-state index contributed by atoms with van der Waals surface area (Å²) in [5.74, 6) is -0.0378. The molecule has 3 aromatic rings. The average Bonchev–Trinajstić information content (AvgIpc) is 3.41. The molecule has 4 rings (SSSR count). The van der Waals surface area contributed by atoms with Crippen LogP contribution in [0.2, 0.25) is 0 Å². The molecule has 1 aliphatic rings. The highest BCUT2D eigenvalue weighted by atomic mass is 32.1. The standard InChI is InChI=1S/C20H23N5OS/c26-20(25-13-5-4-10-18(25)19-21-11-14-27-19)17-15-24(23-22-17)12-6-9-16-7-2-1-3-8-16/h1-3,7-8,11,14-15,18H,4-6,9-10,12-13H2. The zero-order valence-corrected chi connectivity index (χ0v) is 16.0. The number of aromatic nitrogens is 4. The van der Waals surface area contributed by atoms with Gasteiger partial charge in [0, 0.05) is 24.7 Å². The van der Waals surface area contributed by atoms with E-state index in [1.807, 2.05) is 16.3 Å². The normalized spacial score (nSPS) is 17.2. The van der Waals surface area contributed by atoms with Crippen molar-refractivity contribution in [3.63, 3.8) is 0 Å². The van der Waals surface area contributed by atoms with Crippen LogP contribution in [0.15, 0.2) is 48.1 Å². The van der Waals surface area contributed by atoms with Crippen LogP contribution in [-0.2, 0) is 13.0 Å². The third-order valence-corrected chi connectivity index (χ3v) is 5.83. The summed E-state index contributed by atoms with van der Waals surface area (Å²) < 4.78 is 1.78. The van der Waals surface area contributed by atoms with E-state index < -0.39 is 0 Å². The van der Waals surface area contributed by atoms with Crippen molar-refractivity contribution in [2.45, 2.75) is 44.7 Å². The van der Waals surface area contributed by atoms with Crippen molar-refractivity contribution in [1.82, 2.24) is 24.9 Å². The maximum atomic E-state index is 13.0. The van der Waals surface area contributed by atoms with Gasteiger partial charge in [0.15, 0.2) is 5.69 Å². The topological polar surface area (TPSA) is 63.9 Å². The zero-order chi connectivity index (χ0) is 18.5. The van der Waals surface area contributed by atoms with Gasteiger partial charge in [-0.1, -0.05) is 35.5 Å². The Labute approximate surface area is 162 Å². The van der Waals surface area contributed by atoms with Crippen LogP contribution < -0.4 is 0 Å². The molecule has 27 heavy (non-hydrogen) atoms.